The Hall–Kier alpha value is -1.95. The summed E-state index contributed by atoms with van der Waals surface area (Å²) >= 11 is 0. The smallest absolute Gasteiger partial charge is 0.313 e. The van der Waals surface area contributed by atoms with Gasteiger partial charge in [0.1, 0.15) is 5.41 Å². The molecule has 6 heteroatoms. The van der Waals surface area contributed by atoms with Crippen LogP contribution in [0.4, 0.5) is 0 Å². The lowest BCUT2D eigenvalue weighted by molar-refractivity contribution is -0.149. The number of carboxylic acids is 1. The standard InChI is InChI=1S/C17H21N3O3/c21-15(13-3-4-13)20-9-14-8-19(7-12-2-1-5-18-6-12)10-17(14,11-20)16(22)23/h1-2,5-6,13-14H,3-4,7-11H2,(H,22,23)/t14-,17-/m1/s1. The highest BCUT2D eigenvalue weighted by molar-refractivity contribution is 5.84. The number of pyridine rings is 1. The van der Waals surface area contributed by atoms with E-state index in [1.54, 1.807) is 11.1 Å². The van der Waals surface area contributed by atoms with Crippen molar-refractivity contribution in [3.8, 4) is 0 Å². The fraction of sp³-hybridized carbons (Fsp3) is 0.588. The minimum Gasteiger partial charge on any atom is -0.481 e. The second-order valence-electron chi connectivity index (χ2n) is 7.18. The van der Waals surface area contributed by atoms with Crippen LogP contribution in [0.1, 0.15) is 18.4 Å². The Balaban J connectivity index is 1.48. The Morgan fingerprint density at radius 3 is 2.74 bits per heavy atom. The Morgan fingerprint density at radius 2 is 2.13 bits per heavy atom. The molecule has 6 nitrogen and oxygen atoms in total. The normalized spacial score (nSPS) is 30.4. The molecule has 2 aliphatic heterocycles. The van der Waals surface area contributed by atoms with Crippen LogP contribution in [0.25, 0.3) is 0 Å². The number of hydrogen-bond donors (Lipinski definition) is 1. The minimum atomic E-state index is -0.799. The molecule has 3 aliphatic rings. The molecule has 0 aromatic carbocycles. The molecule has 122 valence electrons. The van der Waals surface area contributed by atoms with Crippen molar-refractivity contribution in [3.05, 3.63) is 30.1 Å². The van der Waals surface area contributed by atoms with Crippen LogP contribution in [0.2, 0.25) is 0 Å². The van der Waals surface area contributed by atoms with Crippen molar-refractivity contribution in [2.24, 2.45) is 17.3 Å². The van der Waals surface area contributed by atoms with Gasteiger partial charge in [-0.3, -0.25) is 19.5 Å². The number of nitrogens with zero attached hydrogens (tertiary/aromatic N) is 3. The molecule has 2 saturated heterocycles. The van der Waals surface area contributed by atoms with Crippen molar-refractivity contribution in [1.82, 2.24) is 14.8 Å². The maximum atomic E-state index is 12.3. The molecule has 23 heavy (non-hydrogen) atoms. The van der Waals surface area contributed by atoms with E-state index in [1.165, 1.54) is 0 Å². The van der Waals surface area contributed by atoms with E-state index >= 15 is 0 Å². The van der Waals surface area contributed by atoms with Crippen molar-refractivity contribution in [3.63, 3.8) is 0 Å². The van der Waals surface area contributed by atoms with Crippen molar-refractivity contribution < 1.29 is 14.7 Å². The molecule has 1 aliphatic carbocycles. The van der Waals surface area contributed by atoms with Gasteiger partial charge in [-0.2, -0.15) is 0 Å². The highest BCUT2D eigenvalue weighted by Crippen LogP contribution is 2.45. The molecule has 1 amide bonds. The van der Waals surface area contributed by atoms with E-state index in [9.17, 15) is 14.7 Å². The van der Waals surface area contributed by atoms with Crippen LogP contribution >= 0.6 is 0 Å². The van der Waals surface area contributed by atoms with Gasteiger partial charge in [0.2, 0.25) is 5.91 Å². The SMILES string of the molecule is O=C(C1CC1)N1C[C@H]2CN(Cc3cccnc3)C[C@@]2(C(=O)O)C1. The summed E-state index contributed by atoms with van der Waals surface area (Å²) in [5, 5.41) is 9.83. The predicted octanol–water partition coefficient (Wildman–Crippen LogP) is 0.837. The zero-order valence-corrected chi connectivity index (χ0v) is 13.0. The number of aliphatic carboxylic acids is 1. The van der Waals surface area contributed by atoms with Gasteiger partial charge in [0, 0.05) is 57.0 Å². The highest BCUT2D eigenvalue weighted by Gasteiger charge is 2.59. The highest BCUT2D eigenvalue weighted by atomic mass is 16.4. The second kappa shape index (κ2) is 5.30. The fourth-order valence-corrected chi connectivity index (χ4v) is 4.10. The molecule has 3 heterocycles. The lowest BCUT2D eigenvalue weighted by Crippen LogP contribution is -2.42. The third kappa shape index (κ3) is 2.51. The number of aromatic nitrogens is 1. The average molecular weight is 315 g/mol. The Morgan fingerprint density at radius 1 is 1.30 bits per heavy atom. The average Bonchev–Trinajstić information content (AvgIpc) is 3.23. The van der Waals surface area contributed by atoms with Crippen LogP contribution in [-0.2, 0) is 16.1 Å². The van der Waals surface area contributed by atoms with E-state index in [-0.39, 0.29) is 17.7 Å². The monoisotopic (exact) mass is 315 g/mol. The minimum absolute atomic E-state index is 0.0272. The lowest BCUT2D eigenvalue weighted by Gasteiger charge is -2.25. The second-order valence-corrected chi connectivity index (χ2v) is 7.18. The first-order valence-corrected chi connectivity index (χ1v) is 8.22. The van der Waals surface area contributed by atoms with E-state index in [1.807, 2.05) is 18.3 Å². The Labute approximate surface area is 135 Å². The molecule has 1 aromatic heterocycles. The number of fused-ring (bicyclic) bond motifs is 1. The fourth-order valence-electron chi connectivity index (χ4n) is 4.10. The molecule has 1 aromatic rings. The summed E-state index contributed by atoms with van der Waals surface area (Å²) in [6, 6.07) is 3.91. The Bertz CT molecular complexity index is 631. The molecule has 1 N–H and O–H groups in total. The van der Waals surface area contributed by atoms with Gasteiger partial charge in [0.15, 0.2) is 0 Å². The summed E-state index contributed by atoms with van der Waals surface area (Å²) in [5.41, 5.74) is 0.297. The van der Waals surface area contributed by atoms with E-state index in [2.05, 4.69) is 9.88 Å². The number of hydrogen-bond acceptors (Lipinski definition) is 4. The predicted molar refractivity (Wildman–Crippen MR) is 82.4 cm³/mol. The van der Waals surface area contributed by atoms with Crippen LogP contribution in [0.5, 0.6) is 0 Å². The lowest BCUT2D eigenvalue weighted by atomic mass is 9.81. The van der Waals surface area contributed by atoms with Crippen molar-refractivity contribution >= 4 is 11.9 Å². The van der Waals surface area contributed by atoms with Gasteiger partial charge in [-0.1, -0.05) is 6.07 Å². The maximum Gasteiger partial charge on any atom is 0.313 e. The number of carboxylic acid groups (broad SMARTS) is 1. The topological polar surface area (TPSA) is 73.7 Å². The number of likely N-dealkylation sites (tertiary alicyclic amines) is 2. The van der Waals surface area contributed by atoms with E-state index < -0.39 is 11.4 Å². The van der Waals surface area contributed by atoms with Crippen LogP contribution in [-0.4, -0.2) is 57.9 Å². The van der Waals surface area contributed by atoms with Gasteiger partial charge < -0.3 is 10.0 Å². The molecule has 0 unspecified atom stereocenters. The van der Waals surface area contributed by atoms with Crippen molar-refractivity contribution in [2.75, 3.05) is 26.2 Å². The molecule has 1 saturated carbocycles. The zero-order valence-electron chi connectivity index (χ0n) is 13.0. The number of carbonyl (C=O) groups is 2. The van der Waals surface area contributed by atoms with E-state index in [4.69, 9.17) is 0 Å². The van der Waals surface area contributed by atoms with Gasteiger partial charge in [-0.25, -0.2) is 0 Å². The largest absolute Gasteiger partial charge is 0.481 e. The van der Waals surface area contributed by atoms with Crippen LogP contribution in [0.3, 0.4) is 0 Å². The quantitative estimate of drug-likeness (QED) is 0.891. The number of amides is 1. The first-order valence-electron chi connectivity index (χ1n) is 8.22. The van der Waals surface area contributed by atoms with E-state index in [0.29, 0.717) is 19.6 Å². The zero-order chi connectivity index (χ0) is 16.0. The van der Waals surface area contributed by atoms with Gasteiger partial charge in [-0.15, -0.1) is 0 Å². The van der Waals surface area contributed by atoms with Crippen molar-refractivity contribution in [1.29, 1.82) is 0 Å². The molecular formula is C17H21N3O3. The summed E-state index contributed by atoms with van der Waals surface area (Å²) in [4.78, 5) is 32.4. The first-order chi connectivity index (χ1) is 11.1. The van der Waals surface area contributed by atoms with Gasteiger partial charge in [0.05, 0.1) is 0 Å². The first kappa shape index (κ1) is 14.6. The summed E-state index contributed by atoms with van der Waals surface area (Å²) < 4.78 is 0. The van der Waals surface area contributed by atoms with E-state index in [0.717, 1.165) is 31.5 Å². The summed E-state index contributed by atoms with van der Waals surface area (Å²) in [6.07, 6.45) is 5.49. The van der Waals surface area contributed by atoms with Gasteiger partial charge >= 0.3 is 5.97 Å². The molecule has 0 bridgehead atoms. The van der Waals surface area contributed by atoms with Gasteiger partial charge in [0.25, 0.3) is 0 Å². The van der Waals surface area contributed by atoms with Crippen LogP contribution < -0.4 is 0 Å². The van der Waals surface area contributed by atoms with Gasteiger partial charge in [-0.05, 0) is 24.5 Å². The molecular weight excluding hydrogens is 294 g/mol. The molecule has 3 fully saturated rings. The molecule has 0 radical (unpaired) electrons. The maximum absolute atomic E-state index is 12.3. The van der Waals surface area contributed by atoms with Crippen LogP contribution in [0, 0.1) is 17.3 Å². The number of carbonyl (C=O) groups excluding carboxylic acids is 1. The molecule has 2 atom stereocenters. The summed E-state index contributed by atoms with van der Waals surface area (Å²) in [7, 11) is 0. The van der Waals surface area contributed by atoms with Crippen molar-refractivity contribution in [2.45, 2.75) is 19.4 Å². The third-order valence-electron chi connectivity index (χ3n) is 5.47. The third-order valence-corrected chi connectivity index (χ3v) is 5.47. The summed E-state index contributed by atoms with van der Waals surface area (Å²) in [5.74, 6) is -0.411. The summed E-state index contributed by atoms with van der Waals surface area (Å²) in [6.45, 7) is 2.92. The molecule has 4 rings (SSSR count). The molecule has 0 spiro atoms. The van der Waals surface area contributed by atoms with Crippen LogP contribution in [0.15, 0.2) is 24.5 Å². The Kier molecular flexibility index (Phi) is 3.37. The number of rotatable bonds is 4.